The number of nitrogens with two attached hydrogens (primary N) is 1. The van der Waals surface area contributed by atoms with Crippen molar-refractivity contribution in [2.45, 2.75) is 50.3 Å². The highest BCUT2D eigenvalue weighted by atomic mass is 16.5. The smallest absolute Gasteiger partial charge is 0.113 e. The number of hydrogen-bond acceptors (Lipinski definition) is 6. The Balaban J connectivity index is 1.85. The van der Waals surface area contributed by atoms with E-state index in [0.29, 0.717) is 17.7 Å². The highest BCUT2D eigenvalue weighted by molar-refractivity contribution is 5.51. The number of rotatable bonds is 5. The number of ether oxygens (including phenoxy) is 1. The van der Waals surface area contributed by atoms with Crippen molar-refractivity contribution in [3.63, 3.8) is 0 Å². The van der Waals surface area contributed by atoms with E-state index in [9.17, 15) is 20.4 Å². The molecule has 146 valence electrons. The predicted molar refractivity (Wildman–Crippen MR) is 102 cm³/mol. The predicted octanol–water partition coefficient (Wildman–Crippen LogP) is 0.937. The Kier molecular flexibility index (Phi) is 6.14. The minimum absolute atomic E-state index is 0.451. The molecular weight excluding hydrogens is 346 g/mol. The van der Waals surface area contributed by atoms with Crippen molar-refractivity contribution in [1.29, 1.82) is 0 Å². The average Bonchev–Trinajstić information content (AvgIpc) is 2.69. The maximum atomic E-state index is 10.3. The third kappa shape index (κ3) is 4.15. The van der Waals surface area contributed by atoms with Crippen LogP contribution in [0.5, 0.6) is 0 Å². The van der Waals surface area contributed by atoms with Crippen molar-refractivity contribution in [3.8, 4) is 0 Å². The molecule has 0 saturated carbocycles. The minimum atomic E-state index is -1.40. The summed E-state index contributed by atoms with van der Waals surface area (Å²) in [4.78, 5) is 0. The van der Waals surface area contributed by atoms with E-state index in [2.05, 4.69) is 31.2 Å². The second-order valence-corrected chi connectivity index (χ2v) is 7.05. The Hall–Kier alpha value is -1.96. The van der Waals surface area contributed by atoms with Crippen molar-refractivity contribution in [2.24, 2.45) is 0 Å². The van der Waals surface area contributed by atoms with Crippen LogP contribution >= 0.6 is 0 Å². The zero-order valence-electron chi connectivity index (χ0n) is 15.3. The normalized spacial score (nSPS) is 28.3. The van der Waals surface area contributed by atoms with E-state index in [0.717, 1.165) is 17.5 Å². The largest absolute Gasteiger partial charge is 0.398 e. The highest BCUT2D eigenvalue weighted by Crippen LogP contribution is 2.34. The maximum absolute atomic E-state index is 10.3. The van der Waals surface area contributed by atoms with Crippen molar-refractivity contribution in [3.05, 3.63) is 64.7 Å². The fraction of sp³-hybridized carbons (Fsp3) is 0.429. The number of aliphatic hydroxyl groups is 4. The fourth-order valence-corrected chi connectivity index (χ4v) is 3.45. The van der Waals surface area contributed by atoms with E-state index >= 15 is 0 Å². The molecule has 0 spiro atoms. The van der Waals surface area contributed by atoms with E-state index in [1.165, 1.54) is 5.56 Å². The number of benzene rings is 2. The van der Waals surface area contributed by atoms with E-state index in [-0.39, 0.29) is 0 Å². The lowest BCUT2D eigenvalue weighted by Crippen LogP contribution is -2.55. The van der Waals surface area contributed by atoms with Gasteiger partial charge in [-0.3, -0.25) is 0 Å². The molecule has 2 aromatic rings. The van der Waals surface area contributed by atoms with Crippen LogP contribution in [0.4, 0.5) is 5.69 Å². The molecule has 2 aromatic carbocycles. The van der Waals surface area contributed by atoms with E-state index in [1.54, 1.807) is 12.1 Å². The summed E-state index contributed by atoms with van der Waals surface area (Å²) in [6, 6.07) is 13.6. The standard InChI is InChI=1S/C21H27NO5/c1-2-12-3-5-13(6-4-12)9-15-10-14(7-8-16(15)22)21-20(26)19(25)18(24)17(11-23)27-21/h3-8,10,17-21,23-26H,2,9,11,22H2,1H3/t17-,18-,19+,20-,21+/m1/s1. The molecule has 6 N–H and O–H groups in total. The zero-order chi connectivity index (χ0) is 19.6. The van der Waals surface area contributed by atoms with Gasteiger partial charge in [0.25, 0.3) is 0 Å². The van der Waals surface area contributed by atoms with Crippen molar-refractivity contribution in [1.82, 2.24) is 0 Å². The lowest BCUT2D eigenvalue weighted by atomic mass is 9.89. The topological polar surface area (TPSA) is 116 Å². The molecule has 1 heterocycles. The molecule has 1 fully saturated rings. The molecule has 1 aliphatic rings. The molecule has 0 aromatic heterocycles. The number of aliphatic hydroxyl groups excluding tert-OH is 4. The van der Waals surface area contributed by atoms with Gasteiger partial charge in [-0.05, 0) is 41.2 Å². The summed E-state index contributed by atoms with van der Waals surface area (Å²) in [6.07, 6.45) is -4.26. The van der Waals surface area contributed by atoms with Crippen LogP contribution in [0.3, 0.4) is 0 Å². The average molecular weight is 373 g/mol. The first-order valence-electron chi connectivity index (χ1n) is 9.21. The number of anilines is 1. The van der Waals surface area contributed by atoms with Crippen LogP contribution in [0.1, 0.15) is 35.3 Å². The number of nitrogen functional groups attached to an aromatic ring is 1. The first-order chi connectivity index (χ1) is 12.9. The molecule has 0 amide bonds. The van der Waals surface area contributed by atoms with Gasteiger partial charge < -0.3 is 30.9 Å². The third-order valence-corrected chi connectivity index (χ3v) is 5.21. The van der Waals surface area contributed by atoms with Crippen molar-refractivity contribution < 1.29 is 25.2 Å². The number of hydrogen-bond donors (Lipinski definition) is 5. The molecule has 5 atom stereocenters. The molecule has 0 unspecified atom stereocenters. The van der Waals surface area contributed by atoms with Crippen LogP contribution < -0.4 is 5.73 Å². The van der Waals surface area contributed by atoms with Crippen LogP contribution in [0.15, 0.2) is 42.5 Å². The lowest BCUT2D eigenvalue weighted by Gasteiger charge is -2.40. The number of aryl methyl sites for hydroxylation is 1. The SMILES string of the molecule is CCc1ccc(Cc2cc([C@@H]3O[C@H](CO)[C@@H](O)[C@H](O)[C@H]3O)ccc2N)cc1. The van der Waals surface area contributed by atoms with Crippen LogP contribution in [-0.4, -0.2) is 51.4 Å². The van der Waals surface area contributed by atoms with E-state index < -0.39 is 37.1 Å². The Morgan fingerprint density at radius 3 is 2.22 bits per heavy atom. The Morgan fingerprint density at radius 1 is 0.926 bits per heavy atom. The molecule has 6 heteroatoms. The maximum Gasteiger partial charge on any atom is 0.113 e. The van der Waals surface area contributed by atoms with Gasteiger partial charge >= 0.3 is 0 Å². The Morgan fingerprint density at radius 2 is 1.59 bits per heavy atom. The van der Waals surface area contributed by atoms with Crippen molar-refractivity contribution in [2.75, 3.05) is 12.3 Å². The zero-order valence-corrected chi connectivity index (χ0v) is 15.3. The Labute approximate surface area is 158 Å². The quantitative estimate of drug-likeness (QED) is 0.498. The van der Waals surface area contributed by atoms with Crippen LogP contribution in [0.2, 0.25) is 0 Å². The van der Waals surface area contributed by atoms with Crippen LogP contribution in [-0.2, 0) is 17.6 Å². The third-order valence-electron chi connectivity index (χ3n) is 5.21. The van der Waals surface area contributed by atoms with Gasteiger partial charge in [-0.1, -0.05) is 43.3 Å². The van der Waals surface area contributed by atoms with Gasteiger partial charge in [0.05, 0.1) is 6.61 Å². The Bertz CT molecular complexity index is 762. The second-order valence-electron chi connectivity index (χ2n) is 7.05. The van der Waals surface area contributed by atoms with Gasteiger partial charge in [-0.15, -0.1) is 0 Å². The highest BCUT2D eigenvalue weighted by Gasteiger charge is 2.43. The minimum Gasteiger partial charge on any atom is -0.398 e. The van der Waals surface area contributed by atoms with E-state index in [4.69, 9.17) is 10.5 Å². The lowest BCUT2D eigenvalue weighted by molar-refractivity contribution is -0.231. The molecule has 0 bridgehead atoms. The first-order valence-corrected chi connectivity index (χ1v) is 9.21. The summed E-state index contributed by atoms with van der Waals surface area (Å²) in [5.41, 5.74) is 10.7. The van der Waals surface area contributed by atoms with Gasteiger partial charge in [0.1, 0.15) is 30.5 Å². The van der Waals surface area contributed by atoms with Crippen molar-refractivity contribution >= 4 is 5.69 Å². The van der Waals surface area contributed by atoms with Gasteiger partial charge in [-0.2, -0.15) is 0 Å². The summed E-state index contributed by atoms with van der Waals surface area (Å²) < 4.78 is 5.64. The molecule has 0 aliphatic carbocycles. The molecule has 6 nitrogen and oxygen atoms in total. The summed E-state index contributed by atoms with van der Waals surface area (Å²) in [6.45, 7) is 1.66. The van der Waals surface area contributed by atoms with Gasteiger partial charge in [0, 0.05) is 5.69 Å². The fourth-order valence-electron chi connectivity index (χ4n) is 3.45. The molecule has 1 aliphatic heterocycles. The first kappa shape index (κ1) is 19.8. The monoisotopic (exact) mass is 373 g/mol. The van der Waals surface area contributed by atoms with Crippen LogP contribution in [0, 0.1) is 0 Å². The summed E-state index contributed by atoms with van der Waals surface area (Å²) in [7, 11) is 0. The van der Waals surface area contributed by atoms with E-state index in [1.807, 2.05) is 6.07 Å². The molecule has 27 heavy (non-hydrogen) atoms. The summed E-state index contributed by atoms with van der Waals surface area (Å²) >= 11 is 0. The molecule has 1 saturated heterocycles. The van der Waals surface area contributed by atoms with Gasteiger partial charge in [-0.25, -0.2) is 0 Å². The van der Waals surface area contributed by atoms with Gasteiger partial charge in [0.2, 0.25) is 0 Å². The molecule has 0 radical (unpaired) electrons. The second kappa shape index (κ2) is 8.37. The summed E-state index contributed by atoms with van der Waals surface area (Å²) in [5.74, 6) is 0. The van der Waals surface area contributed by atoms with Gasteiger partial charge in [0.15, 0.2) is 0 Å². The van der Waals surface area contributed by atoms with Crippen LogP contribution in [0.25, 0.3) is 0 Å². The molecular formula is C21H27NO5. The summed E-state index contributed by atoms with van der Waals surface area (Å²) in [5, 5.41) is 39.7. The molecule has 3 rings (SSSR count).